The van der Waals surface area contributed by atoms with Gasteiger partial charge in [0, 0.05) is 0 Å². The zero-order valence-electron chi connectivity index (χ0n) is 13.7. The van der Waals surface area contributed by atoms with Crippen molar-refractivity contribution in [2.24, 2.45) is 22.7 Å². The fourth-order valence-corrected chi connectivity index (χ4v) is 5.01. The van der Waals surface area contributed by atoms with Crippen molar-refractivity contribution in [2.45, 2.75) is 66.2 Å². The third kappa shape index (κ3) is 2.26. The maximum Gasteiger partial charge on any atom is -0.00188 e. The molecule has 110 valence electrons. The summed E-state index contributed by atoms with van der Waals surface area (Å²) in [6, 6.07) is 0. The fraction of sp³-hybridized carbons (Fsp3) is 0.700. The van der Waals surface area contributed by atoms with Crippen LogP contribution in [0, 0.1) is 35.0 Å². The number of allylic oxidation sites excluding steroid dienone is 4. The third-order valence-corrected chi connectivity index (χ3v) is 6.66. The van der Waals surface area contributed by atoms with Crippen molar-refractivity contribution in [1.29, 1.82) is 0 Å². The Labute approximate surface area is 125 Å². The molecule has 20 heavy (non-hydrogen) atoms. The van der Waals surface area contributed by atoms with Crippen molar-refractivity contribution in [1.82, 2.24) is 0 Å². The lowest BCUT2D eigenvalue weighted by Gasteiger charge is -2.47. The van der Waals surface area contributed by atoms with Crippen molar-refractivity contribution in [2.75, 3.05) is 0 Å². The zero-order chi connectivity index (χ0) is 14.8. The van der Waals surface area contributed by atoms with E-state index in [2.05, 4.69) is 45.8 Å². The van der Waals surface area contributed by atoms with Crippen LogP contribution >= 0.6 is 0 Å². The molecule has 2 aliphatic rings. The predicted octanol–water partition coefficient (Wildman–Crippen LogP) is 5.75. The van der Waals surface area contributed by atoms with Gasteiger partial charge >= 0.3 is 0 Å². The summed E-state index contributed by atoms with van der Waals surface area (Å²) < 4.78 is 0. The molecule has 4 atom stereocenters. The first-order chi connectivity index (χ1) is 9.54. The van der Waals surface area contributed by atoms with E-state index in [1.807, 2.05) is 6.08 Å². The van der Waals surface area contributed by atoms with Gasteiger partial charge in [-0.05, 0) is 73.3 Å². The van der Waals surface area contributed by atoms with Crippen LogP contribution in [0.3, 0.4) is 0 Å². The number of hydrogen-bond acceptors (Lipinski definition) is 0. The molecular formula is C20H30. The lowest BCUT2D eigenvalue weighted by molar-refractivity contribution is 0.0647. The first kappa shape index (κ1) is 15.4. The molecule has 2 rings (SSSR count). The number of rotatable bonds is 4. The van der Waals surface area contributed by atoms with E-state index in [1.165, 1.54) is 44.1 Å². The van der Waals surface area contributed by atoms with Gasteiger partial charge in [-0.25, -0.2) is 0 Å². The van der Waals surface area contributed by atoms with E-state index in [-0.39, 0.29) is 0 Å². The second kappa shape index (κ2) is 5.80. The van der Waals surface area contributed by atoms with Crippen LogP contribution < -0.4 is 0 Å². The van der Waals surface area contributed by atoms with Crippen LogP contribution in [0.5, 0.6) is 0 Å². The number of fused-ring (bicyclic) bond motifs is 2. The molecule has 0 aromatic heterocycles. The summed E-state index contributed by atoms with van der Waals surface area (Å²) >= 11 is 0. The number of terminal acetylenes is 1. The fourth-order valence-electron chi connectivity index (χ4n) is 5.01. The standard InChI is InChI=1S/C20H30/c1-6-9-10-18(8-3)20-14-13-19(15-20,16(4)7-2)12-11-17(20)5/h1,8-10,16-17H,7,11-15H2,2-5H3/b10-9-,18-8+/t16?,17-,19?,20?/m1/s1. The van der Waals surface area contributed by atoms with Crippen LogP contribution in [0.15, 0.2) is 23.8 Å². The molecule has 2 aliphatic carbocycles. The molecule has 0 heteroatoms. The topological polar surface area (TPSA) is 0 Å². The van der Waals surface area contributed by atoms with E-state index in [9.17, 15) is 0 Å². The van der Waals surface area contributed by atoms with E-state index in [4.69, 9.17) is 6.42 Å². The van der Waals surface area contributed by atoms with Gasteiger partial charge in [0.05, 0.1) is 0 Å². The first-order valence-electron chi connectivity index (χ1n) is 8.34. The van der Waals surface area contributed by atoms with E-state index < -0.39 is 0 Å². The van der Waals surface area contributed by atoms with Gasteiger partial charge in [-0.3, -0.25) is 0 Å². The SMILES string of the molecule is C#C/C=C\C(=C/C)C12CCC(C(C)CC)(CC[C@H]1C)C2. The largest absolute Gasteiger partial charge is 0.115 e. The summed E-state index contributed by atoms with van der Waals surface area (Å²) in [5, 5.41) is 0. The highest BCUT2D eigenvalue weighted by atomic mass is 14.6. The average Bonchev–Trinajstić information content (AvgIpc) is 2.81. The summed E-state index contributed by atoms with van der Waals surface area (Å²) in [4.78, 5) is 0. The van der Waals surface area contributed by atoms with Gasteiger partial charge < -0.3 is 0 Å². The molecule has 0 amide bonds. The molecule has 0 aromatic rings. The summed E-state index contributed by atoms with van der Waals surface area (Å²) in [7, 11) is 0. The average molecular weight is 270 g/mol. The van der Waals surface area contributed by atoms with Gasteiger partial charge in [0.1, 0.15) is 0 Å². The molecule has 0 spiro atoms. The normalized spacial score (nSPS) is 39.0. The summed E-state index contributed by atoms with van der Waals surface area (Å²) in [5.74, 6) is 4.30. The van der Waals surface area contributed by atoms with Gasteiger partial charge in [-0.2, -0.15) is 0 Å². The van der Waals surface area contributed by atoms with Crippen LogP contribution in [-0.4, -0.2) is 0 Å². The molecule has 0 aliphatic heterocycles. The molecule has 0 radical (unpaired) electrons. The highest BCUT2D eigenvalue weighted by Crippen LogP contribution is 2.66. The lowest BCUT2D eigenvalue weighted by atomic mass is 9.57. The molecule has 3 unspecified atom stereocenters. The second-order valence-electron chi connectivity index (χ2n) is 7.19. The molecule has 0 aromatic carbocycles. The molecule has 0 N–H and O–H groups in total. The predicted molar refractivity (Wildman–Crippen MR) is 88.3 cm³/mol. The van der Waals surface area contributed by atoms with Gasteiger partial charge in [-0.15, -0.1) is 6.42 Å². The van der Waals surface area contributed by atoms with E-state index in [0.29, 0.717) is 10.8 Å². The van der Waals surface area contributed by atoms with Gasteiger partial charge in [0.2, 0.25) is 0 Å². The Kier molecular flexibility index (Phi) is 4.48. The summed E-state index contributed by atoms with van der Waals surface area (Å²) in [5.41, 5.74) is 2.48. The minimum absolute atomic E-state index is 0.393. The Bertz CT molecular complexity index is 447. The van der Waals surface area contributed by atoms with E-state index in [0.717, 1.165) is 11.8 Å². The van der Waals surface area contributed by atoms with Crippen molar-refractivity contribution >= 4 is 0 Å². The summed E-state index contributed by atoms with van der Waals surface area (Å²) in [6.45, 7) is 9.46. The minimum Gasteiger partial charge on any atom is -0.115 e. The van der Waals surface area contributed by atoms with E-state index in [1.54, 1.807) is 0 Å². The first-order valence-corrected chi connectivity index (χ1v) is 8.34. The van der Waals surface area contributed by atoms with E-state index >= 15 is 0 Å². The monoisotopic (exact) mass is 270 g/mol. The quantitative estimate of drug-likeness (QED) is 0.450. The lowest BCUT2D eigenvalue weighted by Crippen LogP contribution is -2.38. The molecule has 2 fully saturated rings. The molecule has 0 nitrogen and oxygen atoms in total. The van der Waals surface area contributed by atoms with Crippen LogP contribution in [-0.2, 0) is 0 Å². The van der Waals surface area contributed by atoms with Crippen molar-refractivity contribution in [3.63, 3.8) is 0 Å². The zero-order valence-corrected chi connectivity index (χ0v) is 13.7. The molecule has 2 saturated carbocycles. The molecule has 0 saturated heterocycles. The molecule has 2 bridgehead atoms. The van der Waals surface area contributed by atoms with Gasteiger partial charge in [0.25, 0.3) is 0 Å². The van der Waals surface area contributed by atoms with Gasteiger partial charge in [-0.1, -0.05) is 45.3 Å². The number of hydrogen-bond donors (Lipinski definition) is 0. The van der Waals surface area contributed by atoms with Crippen LogP contribution in [0.25, 0.3) is 0 Å². The van der Waals surface area contributed by atoms with Crippen molar-refractivity contribution in [3.8, 4) is 12.3 Å². The highest BCUT2D eigenvalue weighted by molar-refractivity contribution is 5.34. The van der Waals surface area contributed by atoms with Gasteiger partial charge in [0.15, 0.2) is 0 Å². The molecular weight excluding hydrogens is 240 g/mol. The Morgan fingerprint density at radius 3 is 2.75 bits per heavy atom. The van der Waals surface area contributed by atoms with Crippen LogP contribution in [0.4, 0.5) is 0 Å². The van der Waals surface area contributed by atoms with Crippen LogP contribution in [0.2, 0.25) is 0 Å². The van der Waals surface area contributed by atoms with Crippen molar-refractivity contribution < 1.29 is 0 Å². The Hall–Kier alpha value is -0.960. The van der Waals surface area contributed by atoms with Crippen molar-refractivity contribution in [3.05, 3.63) is 23.8 Å². The Morgan fingerprint density at radius 2 is 2.15 bits per heavy atom. The van der Waals surface area contributed by atoms with Crippen LogP contribution in [0.1, 0.15) is 66.2 Å². The molecule has 0 heterocycles. The minimum atomic E-state index is 0.393. The highest BCUT2D eigenvalue weighted by Gasteiger charge is 2.56. The summed E-state index contributed by atoms with van der Waals surface area (Å²) in [6.07, 6.45) is 20.1. The maximum absolute atomic E-state index is 5.42. The third-order valence-electron chi connectivity index (χ3n) is 6.66. The Morgan fingerprint density at radius 1 is 1.40 bits per heavy atom. The maximum atomic E-state index is 5.42. The second-order valence-corrected chi connectivity index (χ2v) is 7.19. The Balaban J connectivity index is 2.36. The smallest absolute Gasteiger partial charge is 0.00188 e.